The Morgan fingerprint density at radius 3 is 2.27 bits per heavy atom. The van der Waals surface area contributed by atoms with Crippen LogP contribution in [0.5, 0.6) is 5.75 Å². The van der Waals surface area contributed by atoms with Gasteiger partial charge in [-0.05, 0) is 17.7 Å². The van der Waals surface area contributed by atoms with Crippen molar-refractivity contribution in [2.24, 2.45) is 0 Å². The summed E-state index contributed by atoms with van der Waals surface area (Å²) >= 11 is 0. The van der Waals surface area contributed by atoms with Crippen LogP contribution >= 0.6 is 0 Å². The number of hydrogen-bond donors (Lipinski definition) is 1. The van der Waals surface area contributed by atoms with Gasteiger partial charge in [0.25, 0.3) is 0 Å². The molecule has 1 fully saturated rings. The lowest BCUT2D eigenvalue weighted by Crippen LogP contribution is -2.47. The molecule has 0 spiro atoms. The third-order valence-corrected chi connectivity index (χ3v) is 3.92. The molecule has 0 aliphatic carbocycles. The van der Waals surface area contributed by atoms with E-state index in [1.165, 1.54) is 10.6 Å². The van der Waals surface area contributed by atoms with E-state index in [2.05, 4.69) is 0 Å². The Kier molecular flexibility index (Phi) is 2.44. The SMILES string of the molecule is CS(=O)(=O)N1CC(c2ccc(O)cc2)C1. The molecule has 0 atom stereocenters. The van der Waals surface area contributed by atoms with Crippen molar-refractivity contribution < 1.29 is 13.5 Å². The van der Waals surface area contributed by atoms with Crippen molar-refractivity contribution >= 4 is 10.0 Å². The number of phenols is 1. The zero-order valence-electron chi connectivity index (χ0n) is 8.42. The van der Waals surface area contributed by atoms with Gasteiger partial charge in [-0.25, -0.2) is 12.7 Å². The third-order valence-electron chi connectivity index (χ3n) is 2.68. The van der Waals surface area contributed by atoms with Crippen LogP contribution in [-0.4, -0.2) is 37.2 Å². The van der Waals surface area contributed by atoms with E-state index in [0.717, 1.165) is 5.56 Å². The number of nitrogens with zero attached hydrogens (tertiary/aromatic N) is 1. The first-order valence-electron chi connectivity index (χ1n) is 4.71. The summed E-state index contributed by atoms with van der Waals surface area (Å²) in [7, 11) is -3.03. The Morgan fingerprint density at radius 1 is 1.27 bits per heavy atom. The van der Waals surface area contributed by atoms with E-state index >= 15 is 0 Å². The van der Waals surface area contributed by atoms with Crippen molar-refractivity contribution in [1.29, 1.82) is 0 Å². The van der Waals surface area contributed by atoms with E-state index in [1.54, 1.807) is 12.1 Å². The van der Waals surface area contributed by atoms with Crippen molar-refractivity contribution in [3.8, 4) is 5.75 Å². The lowest BCUT2D eigenvalue weighted by molar-refractivity contribution is 0.266. The standard InChI is InChI=1S/C10H13NO3S/c1-15(13,14)11-6-9(7-11)8-2-4-10(12)5-3-8/h2-5,9,12H,6-7H2,1H3. The van der Waals surface area contributed by atoms with E-state index in [4.69, 9.17) is 5.11 Å². The molecule has 1 aromatic carbocycles. The molecule has 2 rings (SSSR count). The second kappa shape index (κ2) is 3.50. The fraction of sp³-hybridized carbons (Fsp3) is 0.400. The highest BCUT2D eigenvalue weighted by Crippen LogP contribution is 2.29. The molecule has 1 aliphatic rings. The van der Waals surface area contributed by atoms with E-state index in [1.807, 2.05) is 12.1 Å². The van der Waals surface area contributed by atoms with E-state index < -0.39 is 10.0 Å². The van der Waals surface area contributed by atoms with Crippen molar-refractivity contribution in [3.05, 3.63) is 29.8 Å². The first kappa shape index (κ1) is 10.4. The lowest BCUT2D eigenvalue weighted by atomic mass is 9.94. The van der Waals surface area contributed by atoms with Gasteiger partial charge in [0.15, 0.2) is 0 Å². The molecular weight excluding hydrogens is 214 g/mol. The second-order valence-corrected chi connectivity index (χ2v) is 5.85. The van der Waals surface area contributed by atoms with Crippen LogP contribution in [0.2, 0.25) is 0 Å². The molecule has 1 aliphatic heterocycles. The number of benzene rings is 1. The van der Waals surface area contributed by atoms with Gasteiger partial charge in [0, 0.05) is 19.0 Å². The molecule has 0 radical (unpaired) electrons. The monoisotopic (exact) mass is 227 g/mol. The molecule has 5 heteroatoms. The van der Waals surface area contributed by atoms with Crippen molar-refractivity contribution in [3.63, 3.8) is 0 Å². The minimum absolute atomic E-state index is 0.234. The first-order valence-corrected chi connectivity index (χ1v) is 6.56. The van der Waals surface area contributed by atoms with Gasteiger partial charge in [-0.2, -0.15) is 0 Å². The van der Waals surface area contributed by atoms with E-state index in [9.17, 15) is 8.42 Å². The molecule has 0 aromatic heterocycles. The smallest absolute Gasteiger partial charge is 0.211 e. The summed E-state index contributed by atoms with van der Waals surface area (Å²) in [4.78, 5) is 0. The third kappa shape index (κ3) is 2.13. The Labute approximate surface area is 89.2 Å². The predicted octanol–water partition coefficient (Wildman–Crippen LogP) is 0.751. The lowest BCUT2D eigenvalue weighted by Gasteiger charge is -2.37. The fourth-order valence-electron chi connectivity index (χ4n) is 1.67. The number of hydrogen-bond acceptors (Lipinski definition) is 3. The molecule has 15 heavy (non-hydrogen) atoms. The first-order chi connectivity index (χ1) is 6.97. The topological polar surface area (TPSA) is 57.6 Å². The molecule has 1 saturated heterocycles. The maximum absolute atomic E-state index is 11.1. The molecule has 0 unspecified atom stereocenters. The van der Waals surface area contributed by atoms with Crippen LogP contribution in [0, 0.1) is 0 Å². The van der Waals surface area contributed by atoms with Crippen LogP contribution < -0.4 is 0 Å². The minimum atomic E-state index is -3.03. The molecule has 0 amide bonds. The average molecular weight is 227 g/mol. The Morgan fingerprint density at radius 2 is 1.80 bits per heavy atom. The van der Waals surface area contributed by atoms with Gasteiger partial charge in [-0.15, -0.1) is 0 Å². The van der Waals surface area contributed by atoms with E-state index in [0.29, 0.717) is 13.1 Å². The maximum atomic E-state index is 11.1. The zero-order valence-corrected chi connectivity index (χ0v) is 9.24. The van der Waals surface area contributed by atoms with Crippen molar-refractivity contribution in [2.75, 3.05) is 19.3 Å². The molecule has 1 N–H and O–H groups in total. The summed E-state index contributed by atoms with van der Waals surface area (Å²) in [5.41, 5.74) is 1.08. The van der Waals surface area contributed by atoms with Gasteiger partial charge in [0.1, 0.15) is 5.75 Å². The molecule has 1 heterocycles. The maximum Gasteiger partial charge on any atom is 0.211 e. The number of phenolic OH excluding ortho intramolecular Hbond substituents is 1. The van der Waals surface area contributed by atoms with Crippen molar-refractivity contribution in [2.45, 2.75) is 5.92 Å². The van der Waals surface area contributed by atoms with Crippen LogP contribution in [0.3, 0.4) is 0 Å². The van der Waals surface area contributed by atoms with Gasteiger partial charge in [0.2, 0.25) is 10.0 Å². The molecule has 0 saturated carbocycles. The van der Waals surface area contributed by atoms with Gasteiger partial charge >= 0.3 is 0 Å². The highest BCUT2D eigenvalue weighted by atomic mass is 32.2. The fourth-order valence-corrected chi connectivity index (χ4v) is 2.57. The highest BCUT2D eigenvalue weighted by molar-refractivity contribution is 7.88. The number of sulfonamides is 1. The molecular formula is C10H13NO3S. The molecule has 1 aromatic rings. The Hall–Kier alpha value is -1.07. The van der Waals surface area contributed by atoms with Crippen LogP contribution in [0.25, 0.3) is 0 Å². The summed E-state index contributed by atoms with van der Waals surface area (Å²) in [6, 6.07) is 6.91. The van der Waals surface area contributed by atoms with Crippen LogP contribution in [0.1, 0.15) is 11.5 Å². The average Bonchev–Trinajstić information content (AvgIpc) is 2.03. The molecule has 0 bridgehead atoms. The molecule has 82 valence electrons. The van der Waals surface area contributed by atoms with Gasteiger partial charge in [0.05, 0.1) is 6.26 Å². The Balaban J connectivity index is 2.04. The quantitative estimate of drug-likeness (QED) is 0.811. The zero-order chi connectivity index (χ0) is 11.1. The number of aromatic hydroxyl groups is 1. The molecule has 4 nitrogen and oxygen atoms in total. The van der Waals surface area contributed by atoms with Gasteiger partial charge in [-0.3, -0.25) is 0 Å². The minimum Gasteiger partial charge on any atom is -0.508 e. The second-order valence-electron chi connectivity index (χ2n) is 3.87. The summed E-state index contributed by atoms with van der Waals surface area (Å²) in [5, 5.41) is 9.10. The summed E-state index contributed by atoms with van der Waals surface area (Å²) in [5.74, 6) is 0.498. The normalized spacial score (nSPS) is 18.7. The summed E-state index contributed by atoms with van der Waals surface area (Å²) in [6.07, 6.45) is 1.22. The van der Waals surface area contributed by atoms with Gasteiger partial charge in [-0.1, -0.05) is 12.1 Å². The van der Waals surface area contributed by atoms with Crippen molar-refractivity contribution in [1.82, 2.24) is 4.31 Å². The highest BCUT2D eigenvalue weighted by Gasteiger charge is 2.33. The predicted molar refractivity (Wildman–Crippen MR) is 57.3 cm³/mol. The van der Waals surface area contributed by atoms with E-state index in [-0.39, 0.29) is 11.7 Å². The van der Waals surface area contributed by atoms with Crippen LogP contribution in [-0.2, 0) is 10.0 Å². The van der Waals surface area contributed by atoms with Crippen LogP contribution in [0.4, 0.5) is 0 Å². The summed E-state index contributed by atoms with van der Waals surface area (Å²) in [6.45, 7) is 1.09. The Bertz CT molecular complexity index is 446. The van der Waals surface area contributed by atoms with Gasteiger partial charge < -0.3 is 5.11 Å². The number of rotatable bonds is 2. The summed E-state index contributed by atoms with van der Waals surface area (Å²) < 4.78 is 23.7. The van der Waals surface area contributed by atoms with Crippen LogP contribution in [0.15, 0.2) is 24.3 Å². The largest absolute Gasteiger partial charge is 0.508 e.